The minimum atomic E-state index is -0.127. The van der Waals surface area contributed by atoms with Gasteiger partial charge in [0, 0.05) is 34.1 Å². The molecule has 146 valence electrons. The van der Waals surface area contributed by atoms with Gasteiger partial charge in [-0.1, -0.05) is 54.1 Å². The van der Waals surface area contributed by atoms with E-state index in [1.54, 1.807) is 0 Å². The van der Waals surface area contributed by atoms with Gasteiger partial charge in [-0.3, -0.25) is 4.79 Å². The third-order valence-corrected chi connectivity index (χ3v) is 4.99. The highest BCUT2D eigenvalue weighted by Gasteiger charge is 2.28. The Kier molecular flexibility index (Phi) is 5.38. The van der Waals surface area contributed by atoms with Crippen LogP contribution < -0.4 is 10.6 Å². The minimum absolute atomic E-state index is 0.127. The molecule has 3 aromatic rings. The molecule has 0 saturated carbocycles. The zero-order valence-corrected chi connectivity index (χ0v) is 17.1. The van der Waals surface area contributed by atoms with Crippen molar-refractivity contribution in [3.63, 3.8) is 0 Å². The van der Waals surface area contributed by atoms with Crippen molar-refractivity contribution in [3.8, 4) is 0 Å². The molecule has 0 bridgehead atoms. The van der Waals surface area contributed by atoms with E-state index in [0.29, 0.717) is 10.6 Å². The number of carbonyl (C=O) groups is 1. The van der Waals surface area contributed by atoms with Crippen LogP contribution in [0.4, 0.5) is 11.4 Å². The van der Waals surface area contributed by atoms with Gasteiger partial charge in [-0.25, -0.2) is 0 Å². The summed E-state index contributed by atoms with van der Waals surface area (Å²) in [6.07, 6.45) is 0. The van der Waals surface area contributed by atoms with Crippen molar-refractivity contribution in [1.82, 2.24) is 4.90 Å². The van der Waals surface area contributed by atoms with Gasteiger partial charge in [0.1, 0.15) is 0 Å². The quantitative estimate of drug-likeness (QED) is 0.565. The Morgan fingerprint density at radius 3 is 2.48 bits per heavy atom. The van der Waals surface area contributed by atoms with Crippen LogP contribution in [0.2, 0.25) is 5.02 Å². The number of benzene rings is 3. The van der Waals surface area contributed by atoms with Crippen LogP contribution >= 0.6 is 11.6 Å². The Morgan fingerprint density at radius 1 is 1.00 bits per heavy atom. The molecule has 0 saturated heterocycles. The molecule has 0 aromatic heterocycles. The van der Waals surface area contributed by atoms with Crippen molar-refractivity contribution in [3.05, 3.63) is 94.5 Å². The maximum atomic E-state index is 12.8. The molecule has 4 rings (SSSR count). The smallest absolute Gasteiger partial charge is 0.258 e. The molecule has 0 atom stereocenters. The number of anilines is 2. The SMILES string of the molecule is CN(C)Cc1ccc(NC(=C2C(=O)Nc3ccccc32)c2cccc(Cl)c2)cc1. The van der Waals surface area contributed by atoms with E-state index >= 15 is 0 Å². The summed E-state index contributed by atoms with van der Waals surface area (Å²) < 4.78 is 0. The Labute approximate surface area is 175 Å². The standard InChI is InChI=1S/C24H22ClN3O/c1-28(2)15-16-10-12-19(13-11-16)26-23(17-6-5-7-18(25)14-17)22-20-8-3-4-9-21(20)27-24(22)29/h3-14,26H,15H2,1-2H3,(H,27,29). The van der Waals surface area contributed by atoms with Crippen molar-refractivity contribution in [2.24, 2.45) is 0 Å². The lowest BCUT2D eigenvalue weighted by molar-refractivity contribution is -0.110. The van der Waals surface area contributed by atoms with Crippen molar-refractivity contribution in [1.29, 1.82) is 0 Å². The molecule has 0 radical (unpaired) electrons. The fourth-order valence-corrected chi connectivity index (χ4v) is 3.68. The van der Waals surface area contributed by atoms with E-state index in [-0.39, 0.29) is 5.91 Å². The number of amides is 1. The lowest BCUT2D eigenvalue weighted by atomic mass is 10.00. The average Bonchev–Trinajstić information content (AvgIpc) is 3.02. The lowest BCUT2D eigenvalue weighted by Crippen LogP contribution is -2.11. The first kappa shape index (κ1) is 19.2. The number of nitrogens with zero attached hydrogens (tertiary/aromatic N) is 1. The number of carbonyl (C=O) groups excluding carboxylic acids is 1. The van der Waals surface area contributed by atoms with Crippen LogP contribution in [0, 0.1) is 0 Å². The molecule has 3 aromatic carbocycles. The van der Waals surface area contributed by atoms with E-state index in [9.17, 15) is 4.79 Å². The van der Waals surface area contributed by atoms with Gasteiger partial charge in [-0.15, -0.1) is 0 Å². The van der Waals surface area contributed by atoms with E-state index < -0.39 is 0 Å². The summed E-state index contributed by atoms with van der Waals surface area (Å²) in [5.74, 6) is -0.127. The van der Waals surface area contributed by atoms with E-state index in [4.69, 9.17) is 11.6 Å². The summed E-state index contributed by atoms with van der Waals surface area (Å²) in [5.41, 5.74) is 6.03. The van der Waals surface area contributed by atoms with Crippen LogP contribution in [-0.2, 0) is 11.3 Å². The topological polar surface area (TPSA) is 44.4 Å². The lowest BCUT2D eigenvalue weighted by Gasteiger charge is -2.16. The second kappa shape index (κ2) is 8.11. The maximum Gasteiger partial charge on any atom is 0.258 e. The summed E-state index contributed by atoms with van der Waals surface area (Å²) in [6.45, 7) is 0.873. The molecule has 0 unspecified atom stereocenters. The second-order valence-corrected chi connectivity index (χ2v) is 7.76. The predicted octanol–water partition coefficient (Wildman–Crippen LogP) is 5.33. The Balaban J connectivity index is 1.79. The molecular weight excluding hydrogens is 382 g/mol. The van der Waals surface area contributed by atoms with Gasteiger partial charge >= 0.3 is 0 Å². The molecule has 29 heavy (non-hydrogen) atoms. The fourth-order valence-electron chi connectivity index (χ4n) is 3.49. The van der Waals surface area contributed by atoms with E-state index in [1.165, 1.54) is 5.56 Å². The van der Waals surface area contributed by atoms with Crippen LogP contribution in [-0.4, -0.2) is 24.9 Å². The number of rotatable bonds is 5. The monoisotopic (exact) mass is 403 g/mol. The molecule has 1 aliphatic heterocycles. The molecule has 2 N–H and O–H groups in total. The largest absolute Gasteiger partial charge is 0.354 e. The zero-order valence-electron chi connectivity index (χ0n) is 16.4. The summed E-state index contributed by atoms with van der Waals surface area (Å²) in [4.78, 5) is 15.0. The number of fused-ring (bicyclic) bond motifs is 1. The van der Waals surface area contributed by atoms with Crippen LogP contribution in [0.25, 0.3) is 11.3 Å². The first-order valence-electron chi connectivity index (χ1n) is 9.43. The van der Waals surface area contributed by atoms with Gasteiger partial charge in [0.15, 0.2) is 0 Å². The van der Waals surface area contributed by atoms with Crippen molar-refractivity contribution >= 4 is 40.2 Å². The maximum absolute atomic E-state index is 12.8. The number of hydrogen-bond acceptors (Lipinski definition) is 3. The average molecular weight is 404 g/mol. The highest BCUT2D eigenvalue weighted by Crippen LogP contribution is 2.37. The Hall–Kier alpha value is -3.08. The van der Waals surface area contributed by atoms with Crippen molar-refractivity contribution in [2.75, 3.05) is 24.7 Å². The van der Waals surface area contributed by atoms with Crippen LogP contribution in [0.3, 0.4) is 0 Å². The molecule has 1 aliphatic rings. The Bertz CT molecular complexity index is 1090. The number of halogens is 1. The van der Waals surface area contributed by atoms with E-state index in [1.807, 2.05) is 74.8 Å². The number of nitrogens with one attached hydrogen (secondary N) is 2. The third-order valence-electron chi connectivity index (χ3n) is 4.76. The molecule has 0 aliphatic carbocycles. The van der Waals surface area contributed by atoms with Crippen molar-refractivity contribution < 1.29 is 4.79 Å². The van der Waals surface area contributed by atoms with E-state index in [2.05, 4.69) is 27.7 Å². The number of hydrogen-bond donors (Lipinski definition) is 2. The van der Waals surface area contributed by atoms with Gasteiger partial charge in [-0.2, -0.15) is 0 Å². The van der Waals surface area contributed by atoms with Crippen molar-refractivity contribution in [2.45, 2.75) is 6.54 Å². The molecule has 1 amide bonds. The molecule has 5 heteroatoms. The highest BCUT2D eigenvalue weighted by atomic mass is 35.5. The summed E-state index contributed by atoms with van der Waals surface area (Å²) >= 11 is 6.25. The van der Waals surface area contributed by atoms with Crippen LogP contribution in [0.5, 0.6) is 0 Å². The van der Waals surface area contributed by atoms with Gasteiger partial charge in [0.25, 0.3) is 5.91 Å². The first-order valence-corrected chi connectivity index (χ1v) is 9.81. The molecule has 0 spiro atoms. The summed E-state index contributed by atoms with van der Waals surface area (Å²) in [7, 11) is 4.09. The zero-order chi connectivity index (χ0) is 20.4. The number of para-hydroxylation sites is 1. The van der Waals surface area contributed by atoms with E-state index in [0.717, 1.165) is 34.7 Å². The highest BCUT2D eigenvalue weighted by molar-refractivity contribution is 6.37. The predicted molar refractivity (Wildman–Crippen MR) is 121 cm³/mol. The second-order valence-electron chi connectivity index (χ2n) is 7.32. The molecule has 0 fully saturated rings. The van der Waals surface area contributed by atoms with Crippen LogP contribution in [0.15, 0.2) is 72.8 Å². The normalized spacial score (nSPS) is 14.6. The van der Waals surface area contributed by atoms with Gasteiger partial charge < -0.3 is 15.5 Å². The van der Waals surface area contributed by atoms with Gasteiger partial charge in [0.2, 0.25) is 0 Å². The molecular formula is C24H22ClN3O. The third kappa shape index (κ3) is 4.19. The van der Waals surface area contributed by atoms with Gasteiger partial charge in [-0.05, 0) is 50.0 Å². The summed E-state index contributed by atoms with van der Waals surface area (Å²) in [5, 5.41) is 7.04. The molecule has 4 nitrogen and oxygen atoms in total. The minimum Gasteiger partial charge on any atom is -0.354 e. The fraction of sp³-hybridized carbons (Fsp3) is 0.125. The first-order chi connectivity index (χ1) is 14.0. The molecule has 1 heterocycles. The van der Waals surface area contributed by atoms with Gasteiger partial charge in [0.05, 0.1) is 11.3 Å². The summed E-state index contributed by atoms with van der Waals surface area (Å²) in [6, 6.07) is 23.5. The van der Waals surface area contributed by atoms with Crippen LogP contribution in [0.1, 0.15) is 16.7 Å². The Morgan fingerprint density at radius 2 is 1.76 bits per heavy atom.